The average Bonchev–Trinajstić information content (AvgIpc) is 2.79. The van der Waals surface area contributed by atoms with Gasteiger partial charge in [0.05, 0.1) is 10.9 Å². The molecule has 0 saturated carbocycles. The van der Waals surface area contributed by atoms with E-state index in [0.717, 1.165) is 18.4 Å². The second-order valence-corrected chi connectivity index (χ2v) is 6.24. The number of piperidine rings is 1. The lowest BCUT2D eigenvalue weighted by Crippen LogP contribution is -2.59. The number of amides is 3. The number of benzene rings is 1. The molecule has 22 heavy (non-hydrogen) atoms. The fraction of sp³-hybridized carbons (Fsp3) is 0.467. The molecule has 1 aromatic carbocycles. The Bertz CT molecular complexity index is 568. The van der Waals surface area contributed by atoms with Crippen molar-refractivity contribution in [1.29, 1.82) is 0 Å². The molecule has 2 heterocycles. The van der Waals surface area contributed by atoms with Gasteiger partial charge in [-0.15, -0.1) is 0 Å². The Hall–Kier alpha value is -1.89. The van der Waals surface area contributed by atoms with Crippen molar-refractivity contribution in [3.05, 3.63) is 35.9 Å². The van der Waals surface area contributed by atoms with E-state index in [2.05, 4.69) is 23.3 Å². The van der Waals surface area contributed by atoms with Crippen LogP contribution in [0.5, 0.6) is 0 Å². The number of hydrogen-bond donors (Lipinski definition) is 3. The fourth-order valence-electron chi connectivity index (χ4n) is 2.97. The lowest BCUT2D eigenvalue weighted by Gasteiger charge is -2.40. The third kappa shape index (κ3) is 2.99. The molecule has 2 aliphatic rings. The van der Waals surface area contributed by atoms with Gasteiger partial charge in [0.1, 0.15) is 6.61 Å². The molecule has 7 heteroatoms. The Morgan fingerprint density at radius 3 is 2.86 bits per heavy atom. The molecule has 1 spiro atoms. The SMILES string of the molecule is O=C1NC(S)C2(CCCN(C(=O)OCc3ccccc3)C2)N1. The van der Waals surface area contributed by atoms with Crippen LogP contribution >= 0.6 is 12.6 Å². The number of ether oxygens (including phenoxy) is 1. The van der Waals surface area contributed by atoms with E-state index >= 15 is 0 Å². The molecule has 0 bridgehead atoms. The standard InChI is InChI=1S/C15H19N3O3S/c19-13-16-12(22)15(17-13)7-4-8-18(10-15)14(20)21-9-11-5-2-1-3-6-11/h1-3,5-6,12,22H,4,7-10H2,(H2,16,17,19). The zero-order valence-corrected chi connectivity index (χ0v) is 13.0. The third-order valence-corrected chi connectivity index (χ3v) is 4.76. The Labute approximate surface area is 134 Å². The highest BCUT2D eigenvalue weighted by Gasteiger charge is 2.48. The van der Waals surface area contributed by atoms with E-state index in [0.29, 0.717) is 13.1 Å². The van der Waals surface area contributed by atoms with Crippen LogP contribution < -0.4 is 10.6 Å². The van der Waals surface area contributed by atoms with Crippen molar-refractivity contribution in [2.75, 3.05) is 13.1 Å². The number of nitrogens with one attached hydrogen (secondary N) is 2. The quantitative estimate of drug-likeness (QED) is 0.727. The summed E-state index contributed by atoms with van der Waals surface area (Å²) in [5.41, 5.74) is 0.440. The highest BCUT2D eigenvalue weighted by molar-refractivity contribution is 7.81. The van der Waals surface area contributed by atoms with Crippen LogP contribution in [0.25, 0.3) is 0 Å². The summed E-state index contributed by atoms with van der Waals surface area (Å²) in [5.74, 6) is 0. The molecule has 0 radical (unpaired) electrons. The van der Waals surface area contributed by atoms with Gasteiger partial charge in [-0.3, -0.25) is 0 Å². The Balaban J connectivity index is 1.60. The molecule has 0 aromatic heterocycles. The molecular formula is C15H19N3O3S. The van der Waals surface area contributed by atoms with Crippen LogP contribution in [0.15, 0.2) is 30.3 Å². The minimum Gasteiger partial charge on any atom is -0.445 e. The van der Waals surface area contributed by atoms with Crippen molar-refractivity contribution in [2.45, 2.75) is 30.4 Å². The van der Waals surface area contributed by atoms with Crippen LogP contribution in [-0.4, -0.2) is 41.0 Å². The Morgan fingerprint density at radius 1 is 1.41 bits per heavy atom. The molecular weight excluding hydrogens is 302 g/mol. The van der Waals surface area contributed by atoms with Crippen LogP contribution in [0.3, 0.4) is 0 Å². The third-order valence-electron chi connectivity index (χ3n) is 4.14. The van der Waals surface area contributed by atoms with Crippen LogP contribution in [0.2, 0.25) is 0 Å². The molecule has 2 N–H and O–H groups in total. The number of thiol groups is 1. The van der Waals surface area contributed by atoms with E-state index in [1.54, 1.807) is 4.90 Å². The van der Waals surface area contributed by atoms with Gasteiger partial charge in [-0.2, -0.15) is 12.6 Å². The zero-order chi connectivity index (χ0) is 15.6. The first-order chi connectivity index (χ1) is 10.6. The monoisotopic (exact) mass is 321 g/mol. The van der Waals surface area contributed by atoms with Gasteiger partial charge in [-0.25, -0.2) is 9.59 Å². The number of hydrogen-bond acceptors (Lipinski definition) is 4. The van der Waals surface area contributed by atoms with E-state index in [-0.39, 0.29) is 24.1 Å². The van der Waals surface area contributed by atoms with Crippen LogP contribution in [0, 0.1) is 0 Å². The second-order valence-electron chi connectivity index (χ2n) is 5.72. The summed E-state index contributed by atoms with van der Waals surface area (Å²) in [4.78, 5) is 25.4. The number of carbonyl (C=O) groups excluding carboxylic acids is 2. The first-order valence-corrected chi connectivity index (χ1v) is 7.83. The molecule has 118 valence electrons. The number of rotatable bonds is 2. The summed E-state index contributed by atoms with van der Waals surface area (Å²) >= 11 is 4.43. The predicted molar refractivity (Wildman–Crippen MR) is 84.6 cm³/mol. The van der Waals surface area contributed by atoms with Crippen molar-refractivity contribution in [3.8, 4) is 0 Å². The van der Waals surface area contributed by atoms with Gasteiger partial charge in [0.25, 0.3) is 0 Å². The summed E-state index contributed by atoms with van der Waals surface area (Å²) < 4.78 is 5.36. The molecule has 3 amide bonds. The van der Waals surface area contributed by atoms with Gasteiger partial charge in [-0.05, 0) is 18.4 Å². The summed E-state index contributed by atoms with van der Waals surface area (Å²) in [6, 6.07) is 9.32. The Kier molecular flexibility index (Phi) is 4.15. The largest absolute Gasteiger partial charge is 0.445 e. The van der Waals surface area contributed by atoms with E-state index in [4.69, 9.17) is 4.74 Å². The number of nitrogens with zero attached hydrogens (tertiary/aromatic N) is 1. The summed E-state index contributed by atoms with van der Waals surface area (Å²) in [7, 11) is 0. The minimum absolute atomic E-state index is 0.237. The maximum Gasteiger partial charge on any atom is 0.410 e. The van der Waals surface area contributed by atoms with E-state index in [9.17, 15) is 9.59 Å². The topological polar surface area (TPSA) is 70.7 Å². The molecule has 2 atom stereocenters. The van der Waals surface area contributed by atoms with Crippen molar-refractivity contribution in [2.24, 2.45) is 0 Å². The lowest BCUT2D eigenvalue weighted by molar-refractivity contribution is 0.0706. The Morgan fingerprint density at radius 2 is 2.18 bits per heavy atom. The zero-order valence-electron chi connectivity index (χ0n) is 12.1. The van der Waals surface area contributed by atoms with Gasteiger partial charge in [0.15, 0.2) is 0 Å². The highest BCUT2D eigenvalue weighted by Crippen LogP contribution is 2.30. The molecule has 1 aromatic rings. The number of carbonyl (C=O) groups is 2. The average molecular weight is 321 g/mol. The first kappa shape index (κ1) is 15.0. The fourth-order valence-corrected chi connectivity index (χ4v) is 3.36. The molecule has 0 aliphatic carbocycles. The van der Waals surface area contributed by atoms with Gasteiger partial charge < -0.3 is 20.3 Å². The van der Waals surface area contributed by atoms with E-state index < -0.39 is 5.54 Å². The van der Waals surface area contributed by atoms with Crippen molar-refractivity contribution >= 4 is 24.8 Å². The summed E-state index contributed by atoms with van der Waals surface area (Å²) in [6.45, 7) is 1.29. The van der Waals surface area contributed by atoms with Gasteiger partial charge in [0.2, 0.25) is 0 Å². The van der Waals surface area contributed by atoms with Crippen LogP contribution in [0.1, 0.15) is 18.4 Å². The van der Waals surface area contributed by atoms with E-state index in [1.165, 1.54) is 0 Å². The van der Waals surface area contributed by atoms with Crippen LogP contribution in [0.4, 0.5) is 9.59 Å². The second kappa shape index (κ2) is 6.08. The van der Waals surface area contributed by atoms with Gasteiger partial charge in [0, 0.05) is 13.1 Å². The van der Waals surface area contributed by atoms with Crippen molar-refractivity contribution < 1.29 is 14.3 Å². The van der Waals surface area contributed by atoms with Gasteiger partial charge >= 0.3 is 12.1 Å². The highest BCUT2D eigenvalue weighted by atomic mass is 32.1. The van der Waals surface area contributed by atoms with Gasteiger partial charge in [-0.1, -0.05) is 30.3 Å². The molecule has 2 aliphatic heterocycles. The molecule has 6 nitrogen and oxygen atoms in total. The predicted octanol–water partition coefficient (Wildman–Crippen LogP) is 1.73. The lowest BCUT2D eigenvalue weighted by atomic mass is 9.90. The number of likely N-dealkylation sites (tertiary alicyclic amines) is 1. The van der Waals surface area contributed by atoms with E-state index in [1.807, 2.05) is 30.3 Å². The normalized spacial score (nSPS) is 27.4. The summed E-state index contributed by atoms with van der Waals surface area (Å²) in [6.07, 6.45) is 1.24. The molecule has 2 unspecified atom stereocenters. The minimum atomic E-state index is -0.510. The smallest absolute Gasteiger partial charge is 0.410 e. The van der Waals surface area contributed by atoms with Crippen molar-refractivity contribution in [3.63, 3.8) is 0 Å². The maximum absolute atomic E-state index is 12.2. The first-order valence-electron chi connectivity index (χ1n) is 7.31. The van der Waals surface area contributed by atoms with Crippen molar-refractivity contribution in [1.82, 2.24) is 15.5 Å². The number of urea groups is 1. The molecule has 2 fully saturated rings. The van der Waals surface area contributed by atoms with Crippen LogP contribution in [-0.2, 0) is 11.3 Å². The maximum atomic E-state index is 12.2. The summed E-state index contributed by atoms with van der Waals surface area (Å²) in [5, 5.41) is 5.33. The molecule has 3 rings (SSSR count). The molecule has 2 saturated heterocycles.